The molecule has 2 N–H and O–H groups in total. The number of ether oxygens (including phenoxy) is 1. The predicted octanol–water partition coefficient (Wildman–Crippen LogP) is 1.85. The molecule has 0 saturated carbocycles. The first-order valence-corrected chi connectivity index (χ1v) is 7.77. The molecule has 2 fully saturated rings. The van der Waals surface area contributed by atoms with Gasteiger partial charge < -0.3 is 15.4 Å². The maximum atomic E-state index is 6.18. The van der Waals surface area contributed by atoms with Crippen LogP contribution in [0.5, 0.6) is 0 Å². The van der Waals surface area contributed by atoms with Crippen LogP contribution in [0.3, 0.4) is 0 Å². The standard InChI is InChI=1S/C13H19N3OS/c14-10-2-1-3-11-12(10)18-13(15-11)16-6-8-4-5-9(7-16)17-8/h8-10H,1-7,14H2. The Bertz CT molecular complexity index is 449. The molecule has 1 aliphatic carbocycles. The molecular weight excluding hydrogens is 246 g/mol. The number of nitrogens with zero attached hydrogens (tertiary/aromatic N) is 2. The smallest absolute Gasteiger partial charge is 0.186 e. The summed E-state index contributed by atoms with van der Waals surface area (Å²) in [7, 11) is 0. The highest BCUT2D eigenvalue weighted by atomic mass is 32.1. The monoisotopic (exact) mass is 265 g/mol. The summed E-state index contributed by atoms with van der Waals surface area (Å²) in [6.45, 7) is 2.02. The van der Waals surface area contributed by atoms with E-state index in [0.717, 1.165) is 25.9 Å². The molecule has 2 saturated heterocycles. The molecular formula is C13H19N3OS. The molecule has 2 aliphatic heterocycles. The highest BCUT2D eigenvalue weighted by molar-refractivity contribution is 7.15. The van der Waals surface area contributed by atoms with E-state index in [9.17, 15) is 0 Å². The lowest BCUT2D eigenvalue weighted by Crippen LogP contribution is -2.42. The van der Waals surface area contributed by atoms with Crippen molar-refractivity contribution in [2.75, 3.05) is 18.0 Å². The molecule has 98 valence electrons. The Morgan fingerprint density at radius 2 is 2.00 bits per heavy atom. The van der Waals surface area contributed by atoms with Crippen LogP contribution in [0, 0.1) is 0 Å². The third kappa shape index (κ3) is 1.76. The summed E-state index contributed by atoms with van der Waals surface area (Å²) < 4.78 is 5.88. The molecule has 0 aromatic carbocycles. The van der Waals surface area contributed by atoms with Crippen LogP contribution in [-0.2, 0) is 11.2 Å². The first-order chi connectivity index (χ1) is 8.79. The van der Waals surface area contributed by atoms with E-state index in [0.29, 0.717) is 12.2 Å². The molecule has 1 aromatic rings. The lowest BCUT2D eigenvalue weighted by atomic mass is 9.99. The second-order valence-corrected chi connectivity index (χ2v) is 6.68. The molecule has 0 radical (unpaired) electrons. The minimum atomic E-state index is 0.220. The van der Waals surface area contributed by atoms with Crippen molar-refractivity contribution < 1.29 is 4.74 Å². The molecule has 18 heavy (non-hydrogen) atoms. The summed E-state index contributed by atoms with van der Waals surface area (Å²) >= 11 is 1.82. The van der Waals surface area contributed by atoms with Crippen LogP contribution >= 0.6 is 11.3 Å². The van der Waals surface area contributed by atoms with Gasteiger partial charge >= 0.3 is 0 Å². The second kappa shape index (κ2) is 4.18. The fraction of sp³-hybridized carbons (Fsp3) is 0.769. The first-order valence-electron chi connectivity index (χ1n) is 6.95. The third-order valence-corrected chi connectivity index (χ3v) is 5.59. The zero-order chi connectivity index (χ0) is 12.1. The van der Waals surface area contributed by atoms with E-state index in [-0.39, 0.29) is 6.04 Å². The van der Waals surface area contributed by atoms with E-state index < -0.39 is 0 Å². The molecule has 4 nitrogen and oxygen atoms in total. The maximum absolute atomic E-state index is 6.18. The Kier molecular flexibility index (Phi) is 2.60. The number of rotatable bonds is 1. The summed E-state index contributed by atoms with van der Waals surface area (Å²) in [6, 6.07) is 0.220. The van der Waals surface area contributed by atoms with E-state index in [1.807, 2.05) is 11.3 Å². The number of anilines is 1. The molecule has 4 rings (SSSR count). The Morgan fingerprint density at radius 3 is 2.72 bits per heavy atom. The van der Waals surface area contributed by atoms with E-state index in [1.165, 1.54) is 35.0 Å². The van der Waals surface area contributed by atoms with Gasteiger partial charge in [0.15, 0.2) is 5.13 Å². The third-order valence-electron chi connectivity index (χ3n) is 4.30. The van der Waals surface area contributed by atoms with Crippen LogP contribution in [0.1, 0.15) is 42.3 Å². The van der Waals surface area contributed by atoms with Crippen LogP contribution in [0.15, 0.2) is 0 Å². The van der Waals surface area contributed by atoms with Gasteiger partial charge in [-0.1, -0.05) is 11.3 Å². The molecule has 0 amide bonds. The quantitative estimate of drug-likeness (QED) is 0.842. The van der Waals surface area contributed by atoms with Crippen LogP contribution in [0.4, 0.5) is 5.13 Å². The minimum absolute atomic E-state index is 0.220. The van der Waals surface area contributed by atoms with Crippen molar-refractivity contribution in [1.82, 2.24) is 4.98 Å². The van der Waals surface area contributed by atoms with Gasteiger partial charge in [0, 0.05) is 24.0 Å². The van der Waals surface area contributed by atoms with Gasteiger partial charge in [0.05, 0.1) is 17.9 Å². The summed E-state index contributed by atoms with van der Waals surface area (Å²) in [5.41, 5.74) is 7.44. The van der Waals surface area contributed by atoms with Gasteiger partial charge in [0.1, 0.15) is 0 Å². The Morgan fingerprint density at radius 1 is 1.22 bits per heavy atom. The van der Waals surface area contributed by atoms with Gasteiger partial charge in [-0.3, -0.25) is 0 Å². The zero-order valence-corrected chi connectivity index (χ0v) is 11.3. The SMILES string of the molecule is NC1CCCc2nc(N3CC4CCC(C3)O4)sc21. The molecule has 3 unspecified atom stereocenters. The molecule has 1 aromatic heterocycles. The van der Waals surface area contributed by atoms with Crippen LogP contribution in [0.25, 0.3) is 0 Å². The molecule has 3 aliphatic rings. The average Bonchev–Trinajstić information content (AvgIpc) is 2.94. The fourth-order valence-corrected chi connectivity index (χ4v) is 4.51. The van der Waals surface area contributed by atoms with Crippen molar-refractivity contribution in [2.24, 2.45) is 5.73 Å². The number of aryl methyl sites for hydroxylation is 1. The number of thiazole rings is 1. The number of nitrogens with two attached hydrogens (primary N) is 1. The van der Waals surface area contributed by atoms with Crippen molar-refractivity contribution in [3.63, 3.8) is 0 Å². The van der Waals surface area contributed by atoms with Gasteiger partial charge in [-0.25, -0.2) is 4.98 Å². The van der Waals surface area contributed by atoms with Crippen LogP contribution in [-0.4, -0.2) is 30.3 Å². The lowest BCUT2D eigenvalue weighted by molar-refractivity contribution is 0.0305. The number of aromatic nitrogens is 1. The van der Waals surface area contributed by atoms with Crippen molar-refractivity contribution >= 4 is 16.5 Å². The van der Waals surface area contributed by atoms with E-state index in [4.69, 9.17) is 15.5 Å². The number of hydrogen-bond acceptors (Lipinski definition) is 5. The van der Waals surface area contributed by atoms with Crippen molar-refractivity contribution in [3.05, 3.63) is 10.6 Å². The number of morpholine rings is 1. The average molecular weight is 265 g/mol. The molecule has 3 heterocycles. The molecule has 0 spiro atoms. The van der Waals surface area contributed by atoms with Crippen LogP contribution < -0.4 is 10.6 Å². The predicted molar refractivity (Wildman–Crippen MR) is 72.1 cm³/mol. The summed E-state index contributed by atoms with van der Waals surface area (Å²) in [5.74, 6) is 0. The normalized spacial score (nSPS) is 34.7. The number of hydrogen-bond donors (Lipinski definition) is 1. The number of fused-ring (bicyclic) bond motifs is 3. The van der Waals surface area contributed by atoms with Gasteiger partial charge in [0.2, 0.25) is 0 Å². The Hall–Kier alpha value is -0.650. The first kappa shape index (κ1) is 11.2. The van der Waals surface area contributed by atoms with E-state index in [2.05, 4.69) is 4.90 Å². The zero-order valence-electron chi connectivity index (χ0n) is 10.5. The summed E-state index contributed by atoms with van der Waals surface area (Å²) in [4.78, 5) is 8.58. The van der Waals surface area contributed by atoms with Crippen molar-refractivity contribution in [3.8, 4) is 0 Å². The van der Waals surface area contributed by atoms with Gasteiger partial charge in [-0.05, 0) is 32.1 Å². The van der Waals surface area contributed by atoms with Crippen molar-refractivity contribution in [2.45, 2.75) is 50.4 Å². The minimum Gasteiger partial charge on any atom is -0.371 e. The Balaban J connectivity index is 1.61. The maximum Gasteiger partial charge on any atom is 0.186 e. The molecule has 2 bridgehead atoms. The van der Waals surface area contributed by atoms with Gasteiger partial charge in [-0.2, -0.15) is 0 Å². The summed E-state index contributed by atoms with van der Waals surface area (Å²) in [6.07, 6.45) is 6.69. The second-order valence-electron chi connectivity index (χ2n) is 5.67. The van der Waals surface area contributed by atoms with Gasteiger partial charge in [0.25, 0.3) is 0 Å². The van der Waals surface area contributed by atoms with E-state index in [1.54, 1.807) is 0 Å². The molecule has 3 atom stereocenters. The topological polar surface area (TPSA) is 51.4 Å². The lowest BCUT2D eigenvalue weighted by Gasteiger charge is -2.31. The van der Waals surface area contributed by atoms with Crippen LogP contribution in [0.2, 0.25) is 0 Å². The van der Waals surface area contributed by atoms with E-state index >= 15 is 0 Å². The Labute approximate surface area is 111 Å². The fourth-order valence-electron chi connectivity index (χ4n) is 3.35. The largest absolute Gasteiger partial charge is 0.371 e. The van der Waals surface area contributed by atoms with Crippen molar-refractivity contribution in [1.29, 1.82) is 0 Å². The molecule has 5 heteroatoms. The highest BCUT2D eigenvalue weighted by Crippen LogP contribution is 2.38. The summed E-state index contributed by atoms with van der Waals surface area (Å²) in [5, 5.41) is 1.18. The highest BCUT2D eigenvalue weighted by Gasteiger charge is 2.35. The van der Waals surface area contributed by atoms with Gasteiger partial charge in [-0.15, -0.1) is 0 Å².